The highest BCUT2D eigenvalue weighted by molar-refractivity contribution is 7.99. The summed E-state index contributed by atoms with van der Waals surface area (Å²) in [5.41, 5.74) is 0.543. The molecule has 0 aliphatic rings. The fraction of sp³-hybridized carbons (Fsp3) is 0.176. The number of hydrogen-bond acceptors (Lipinski definition) is 6. The molecule has 23 heavy (non-hydrogen) atoms. The predicted molar refractivity (Wildman–Crippen MR) is 88.8 cm³/mol. The van der Waals surface area contributed by atoms with Gasteiger partial charge in [-0.15, -0.1) is 0 Å². The Morgan fingerprint density at radius 2 is 1.65 bits per heavy atom. The van der Waals surface area contributed by atoms with Crippen LogP contribution in [0.2, 0.25) is 0 Å². The van der Waals surface area contributed by atoms with Crippen molar-refractivity contribution >= 4 is 23.3 Å². The zero-order valence-electron chi connectivity index (χ0n) is 12.6. The summed E-state index contributed by atoms with van der Waals surface area (Å²) in [6.07, 6.45) is 0. The molecule has 0 saturated heterocycles. The van der Waals surface area contributed by atoms with Crippen molar-refractivity contribution in [2.24, 2.45) is 5.16 Å². The van der Waals surface area contributed by atoms with Crippen molar-refractivity contribution < 1.29 is 19.8 Å². The fourth-order valence-electron chi connectivity index (χ4n) is 1.83. The second kappa shape index (κ2) is 8.36. The van der Waals surface area contributed by atoms with Gasteiger partial charge in [0.15, 0.2) is 0 Å². The first-order valence-corrected chi connectivity index (χ1v) is 7.80. The van der Waals surface area contributed by atoms with Crippen LogP contribution in [0.25, 0.3) is 0 Å². The third-order valence-corrected chi connectivity index (χ3v) is 4.03. The molecule has 0 atom stereocenters. The quantitative estimate of drug-likeness (QED) is 0.352. The molecular formula is C17H17NO4S. The summed E-state index contributed by atoms with van der Waals surface area (Å²) >= 11 is 1.56. The maximum atomic E-state index is 11.8. The molecule has 120 valence electrons. The second-order valence-corrected chi connectivity index (χ2v) is 5.83. The average molecular weight is 331 g/mol. The summed E-state index contributed by atoms with van der Waals surface area (Å²) < 4.78 is 5.31. The highest BCUT2D eigenvalue weighted by Gasteiger charge is 2.10. The lowest BCUT2D eigenvalue weighted by molar-refractivity contribution is 0.106. The SMILES string of the molecule is C/C(=N\O)C(=O)c1ccc(Sc2ccc(OCCO)cc2)cc1. The molecule has 0 amide bonds. The monoisotopic (exact) mass is 331 g/mol. The molecule has 5 nitrogen and oxygen atoms in total. The summed E-state index contributed by atoms with van der Waals surface area (Å²) in [5.74, 6) is 0.414. The number of carbonyl (C=O) groups excluding carboxylic acids is 1. The molecule has 2 rings (SSSR count). The number of benzene rings is 2. The van der Waals surface area contributed by atoms with Crippen molar-refractivity contribution in [1.29, 1.82) is 0 Å². The van der Waals surface area contributed by atoms with Crippen LogP contribution in [-0.4, -0.2) is 35.0 Å². The molecule has 0 aromatic heterocycles. The molecule has 0 saturated carbocycles. The third-order valence-electron chi connectivity index (χ3n) is 3.01. The first kappa shape index (κ1) is 17.1. The molecule has 0 fully saturated rings. The van der Waals surface area contributed by atoms with Gasteiger partial charge in [-0.25, -0.2) is 0 Å². The van der Waals surface area contributed by atoms with Crippen molar-refractivity contribution in [1.82, 2.24) is 0 Å². The van der Waals surface area contributed by atoms with E-state index in [1.807, 2.05) is 36.4 Å². The van der Waals surface area contributed by atoms with E-state index in [9.17, 15) is 4.79 Å². The van der Waals surface area contributed by atoms with E-state index in [-0.39, 0.29) is 24.7 Å². The second-order valence-electron chi connectivity index (χ2n) is 4.68. The topological polar surface area (TPSA) is 79.1 Å². The summed E-state index contributed by atoms with van der Waals surface area (Å²) in [7, 11) is 0. The lowest BCUT2D eigenvalue weighted by atomic mass is 10.1. The van der Waals surface area contributed by atoms with E-state index in [1.165, 1.54) is 6.92 Å². The van der Waals surface area contributed by atoms with Crippen LogP contribution < -0.4 is 4.74 Å². The predicted octanol–water partition coefficient (Wildman–Crippen LogP) is 3.24. The Morgan fingerprint density at radius 1 is 1.09 bits per heavy atom. The summed E-state index contributed by atoms with van der Waals surface area (Å²) in [4.78, 5) is 13.9. The Kier molecular flexibility index (Phi) is 6.19. The minimum Gasteiger partial charge on any atom is -0.491 e. The van der Waals surface area contributed by atoms with Gasteiger partial charge in [0, 0.05) is 15.4 Å². The zero-order valence-corrected chi connectivity index (χ0v) is 13.4. The Labute approximate surface area is 138 Å². The van der Waals surface area contributed by atoms with E-state index >= 15 is 0 Å². The highest BCUT2D eigenvalue weighted by Crippen LogP contribution is 2.29. The van der Waals surface area contributed by atoms with Gasteiger partial charge in [-0.1, -0.05) is 16.9 Å². The molecule has 0 radical (unpaired) electrons. The van der Waals surface area contributed by atoms with E-state index in [0.29, 0.717) is 11.3 Å². The summed E-state index contributed by atoms with van der Waals surface area (Å²) in [6, 6.07) is 14.7. The first-order valence-electron chi connectivity index (χ1n) is 6.99. The molecule has 2 aromatic carbocycles. The number of Topliss-reactive ketones (excluding diaryl/α,β-unsaturated/α-hetero) is 1. The molecule has 0 unspecified atom stereocenters. The number of rotatable bonds is 7. The van der Waals surface area contributed by atoms with Gasteiger partial charge in [0.05, 0.1) is 6.61 Å². The molecule has 0 aliphatic carbocycles. The summed E-state index contributed by atoms with van der Waals surface area (Å²) in [5, 5.41) is 20.3. The van der Waals surface area contributed by atoms with Crippen molar-refractivity contribution in [3.8, 4) is 5.75 Å². The summed E-state index contributed by atoms with van der Waals surface area (Å²) in [6.45, 7) is 1.73. The zero-order chi connectivity index (χ0) is 16.7. The molecule has 6 heteroatoms. The Bertz CT molecular complexity index is 681. The third kappa shape index (κ3) is 4.84. The van der Waals surface area contributed by atoms with Gasteiger partial charge in [0.2, 0.25) is 5.78 Å². The smallest absolute Gasteiger partial charge is 0.210 e. The largest absolute Gasteiger partial charge is 0.491 e. The van der Waals surface area contributed by atoms with Gasteiger partial charge in [-0.3, -0.25) is 4.79 Å². The number of hydrogen-bond donors (Lipinski definition) is 2. The number of oxime groups is 1. The van der Waals surface area contributed by atoms with E-state index in [1.54, 1.807) is 23.9 Å². The van der Waals surface area contributed by atoms with E-state index in [2.05, 4.69) is 5.16 Å². The van der Waals surface area contributed by atoms with Crippen LogP contribution in [0.15, 0.2) is 63.5 Å². The molecule has 0 aliphatic heterocycles. The average Bonchev–Trinajstić information content (AvgIpc) is 2.60. The van der Waals surface area contributed by atoms with Gasteiger partial charge in [0.25, 0.3) is 0 Å². The van der Waals surface area contributed by atoms with Crippen molar-refractivity contribution in [2.45, 2.75) is 16.7 Å². The number of aliphatic hydroxyl groups is 1. The van der Waals surface area contributed by atoms with E-state index in [4.69, 9.17) is 15.1 Å². The maximum Gasteiger partial charge on any atom is 0.210 e. The first-order chi connectivity index (χ1) is 11.1. The fourth-order valence-corrected chi connectivity index (χ4v) is 2.65. The Morgan fingerprint density at radius 3 is 2.17 bits per heavy atom. The minimum absolute atomic E-state index is 0.0119. The molecule has 0 heterocycles. The number of ether oxygens (including phenoxy) is 1. The number of aliphatic hydroxyl groups excluding tert-OH is 1. The van der Waals surface area contributed by atoms with Crippen molar-refractivity contribution in [3.63, 3.8) is 0 Å². The standard InChI is InChI=1S/C17H17NO4S/c1-12(18-21)17(20)13-2-6-15(7-3-13)23-16-8-4-14(5-9-16)22-11-10-19/h2-9,19,21H,10-11H2,1H3/b18-12+. The van der Waals surface area contributed by atoms with Gasteiger partial charge in [-0.2, -0.15) is 0 Å². The molecule has 2 N–H and O–H groups in total. The van der Waals surface area contributed by atoms with Gasteiger partial charge < -0.3 is 15.1 Å². The van der Waals surface area contributed by atoms with Crippen LogP contribution >= 0.6 is 11.8 Å². The number of carbonyl (C=O) groups is 1. The molecule has 0 spiro atoms. The van der Waals surface area contributed by atoms with Crippen molar-refractivity contribution in [3.05, 3.63) is 54.1 Å². The van der Waals surface area contributed by atoms with Crippen LogP contribution in [0, 0.1) is 0 Å². The number of nitrogens with zero attached hydrogens (tertiary/aromatic N) is 1. The molecule has 2 aromatic rings. The number of ketones is 1. The molecular weight excluding hydrogens is 314 g/mol. The lowest BCUT2D eigenvalue weighted by Gasteiger charge is -2.06. The normalized spacial score (nSPS) is 11.3. The van der Waals surface area contributed by atoms with Crippen LogP contribution in [0.1, 0.15) is 17.3 Å². The van der Waals surface area contributed by atoms with Gasteiger partial charge in [0.1, 0.15) is 18.1 Å². The lowest BCUT2D eigenvalue weighted by Crippen LogP contribution is -2.10. The Balaban J connectivity index is 2.02. The highest BCUT2D eigenvalue weighted by atomic mass is 32.2. The van der Waals surface area contributed by atoms with Crippen LogP contribution in [0.3, 0.4) is 0 Å². The van der Waals surface area contributed by atoms with Crippen LogP contribution in [0.5, 0.6) is 5.75 Å². The minimum atomic E-state index is -0.297. The van der Waals surface area contributed by atoms with E-state index < -0.39 is 0 Å². The van der Waals surface area contributed by atoms with Crippen molar-refractivity contribution in [2.75, 3.05) is 13.2 Å². The van der Waals surface area contributed by atoms with E-state index in [0.717, 1.165) is 9.79 Å². The van der Waals surface area contributed by atoms with Crippen LogP contribution in [-0.2, 0) is 0 Å². The van der Waals surface area contributed by atoms with Gasteiger partial charge >= 0.3 is 0 Å². The molecule has 0 bridgehead atoms. The Hall–Kier alpha value is -2.31. The van der Waals surface area contributed by atoms with Crippen LogP contribution in [0.4, 0.5) is 0 Å². The maximum absolute atomic E-state index is 11.8. The van der Waals surface area contributed by atoms with Gasteiger partial charge in [-0.05, 0) is 55.5 Å².